The number of ether oxygens (including phenoxy) is 1. The van der Waals surface area contributed by atoms with Crippen LogP contribution in [0, 0.1) is 0 Å². The highest BCUT2D eigenvalue weighted by Crippen LogP contribution is 2.32. The molecular weight excluding hydrogens is 291 g/mol. The fourth-order valence-corrected chi connectivity index (χ4v) is 2.52. The van der Waals surface area contributed by atoms with Gasteiger partial charge in [-0.1, -0.05) is 11.3 Å². The third kappa shape index (κ3) is 3.19. The van der Waals surface area contributed by atoms with Gasteiger partial charge in [0.25, 0.3) is 0 Å². The molecule has 0 saturated heterocycles. The molecule has 0 aliphatic heterocycles. The van der Waals surface area contributed by atoms with Gasteiger partial charge in [-0.2, -0.15) is 0 Å². The van der Waals surface area contributed by atoms with Crippen molar-refractivity contribution in [1.29, 1.82) is 0 Å². The zero-order valence-corrected chi connectivity index (χ0v) is 11.8. The molecule has 108 valence electrons. The Kier molecular flexibility index (Phi) is 3.85. The molecule has 0 radical (unpaired) electrons. The first-order valence-corrected chi connectivity index (χ1v) is 6.45. The van der Waals surface area contributed by atoms with Crippen LogP contribution in [-0.2, 0) is 0 Å². The van der Waals surface area contributed by atoms with Gasteiger partial charge in [0.05, 0.1) is 10.2 Å². The minimum Gasteiger partial charge on any atom is -0.406 e. The fraction of sp³-hybridized carbons (Fsp3) is 0.333. The van der Waals surface area contributed by atoms with Crippen LogP contribution in [0.5, 0.6) is 5.75 Å². The van der Waals surface area contributed by atoms with Gasteiger partial charge < -0.3 is 9.64 Å². The summed E-state index contributed by atoms with van der Waals surface area (Å²) in [6.07, 6.45) is -4.69. The molecular formula is C12H12F3N3OS. The zero-order valence-electron chi connectivity index (χ0n) is 11.0. The van der Waals surface area contributed by atoms with Crippen LogP contribution in [0.15, 0.2) is 23.2 Å². The van der Waals surface area contributed by atoms with E-state index < -0.39 is 6.36 Å². The van der Waals surface area contributed by atoms with Crippen molar-refractivity contribution in [3.05, 3.63) is 18.2 Å². The van der Waals surface area contributed by atoms with Crippen LogP contribution in [0.2, 0.25) is 0 Å². The van der Waals surface area contributed by atoms with Gasteiger partial charge in [0.2, 0.25) is 0 Å². The van der Waals surface area contributed by atoms with Crippen LogP contribution < -0.4 is 9.64 Å². The lowest BCUT2D eigenvalue weighted by molar-refractivity contribution is -0.274. The van der Waals surface area contributed by atoms with E-state index in [0.717, 1.165) is 5.84 Å². The van der Waals surface area contributed by atoms with Gasteiger partial charge in [-0.25, -0.2) is 4.98 Å². The monoisotopic (exact) mass is 303 g/mol. The van der Waals surface area contributed by atoms with Gasteiger partial charge in [0.15, 0.2) is 5.13 Å². The number of thiazole rings is 1. The van der Waals surface area contributed by atoms with Gasteiger partial charge in [0.1, 0.15) is 11.6 Å². The lowest BCUT2D eigenvalue weighted by atomic mass is 10.3. The van der Waals surface area contributed by atoms with E-state index in [-0.39, 0.29) is 5.75 Å². The summed E-state index contributed by atoms with van der Waals surface area (Å²) < 4.78 is 41.0. The van der Waals surface area contributed by atoms with Crippen molar-refractivity contribution < 1.29 is 17.9 Å². The maximum Gasteiger partial charge on any atom is 0.573 e. The number of anilines is 1. The Morgan fingerprint density at radius 3 is 2.70 bits per heavy atom. The van der Waals surface area contributed by atoms with Crippen LogP contribution in [0.3, 0.4) is 0 Å². The van der Waals surface area contributed by atoms with Crippen LogP contribution >= 0.6 is 11.3 Å². The summed E-state index contributed by atoms with van der Waals surface area (Å²) in [6.45, 7) is 1.82. The van der Waals surface area contributed by atoms with Crippen molar-refractivity contribution in [2.24, 2.45) is 4.99 Å². The molecule has 2 aromatic rings. The highest BCUT2D eigenvalue weighted by Gasteiger charge is 2.31. The average Bonchev–Trinajstić information content (AvgIpc) is 2.77. The molecule has 0 spiro atoms. The molecule has 1 aromatic heterocycles. The normalized spacial score (nSPS) is 12.8. The number of aromatic nitrogens is 1. The topological polar surface area (TPSA) is 37.7 Å². The van der Waals surface area contributed by atoms with Gasteiger partial charge in [-0.3, -0.25) is 4.99 Å². The number of rotatable bonds is 2. The number of fused-ring (bicyclic) bond motifs is 1. The molecule has 20 heavy (non-hydrogen) atoms. The summed E-state index contributed by atoms with van der Waals surface area (Å²) in [4.78, 5) is 10.2. The molecule has 0 unspecified atom stereocenters. The number of hydrogen-bond acceptors (Lipinski definition) is 4. The predicted molar refractivity (Wildman–Crippen MR) is 73.7 cm³/mol. The molecule has 4 nitrogen and oxygen atoms in total. The van der Waals surface area contributed by atoms with E-state index >= 15 is 0 Å². The van der Waals surface area contributed by atoms with Crippen molar-refractivity contribution in [2.75, 3.05) is 19.0 Å². The molecule has 0 aliphatic rings. The zero-order chi connectivity index (χ0) is 14.9. The number of alkyl halides is 3. The predicted octanol–water partition coefficient (Wildman–Crippen LogP) is 3.68. The third-order valence-electron chi connectivity index (χ3n) is 2.68. The van der Waals surface area contributed by atoms with E-state index in [2.05, 4.69) is 14.7 Å². The number of benzene rings is 1. The maximum atomic E-state index is 12.2. The Morgan fingerprint density at radius 2 is 2.10 bits per heavy atom. The van der Waals surface area contributed by atoms with Crippen molar-refractivity contribution in [2.45, 2.75) is 13.3 Å². The molecule has 0 atom stereocenters. The molecule has 0 aliphatic carbocycles. The van der Waals surface area contributed by atoms with Crippen LogP contribution in [0.1, 0.15) is 6.92 Å². The van der Waals surface area contributed by atoms with Gasteiger partial charge in [0, 0.05) is 20.2 Å². The van der Waals surface area contributed by atoms with Crippen LogP contribution in [0.4, 0.5) is 18.3 Å². The first kappa shape index (κ1) is 14.6. The summed E-state index contributed by atoms with van der Waals surface area (Å²) in [5.74, 6) is 0.513. The Morgan fingerprint density at radius 1 is 1.40 bits per heavy atom. The highest BCUT2D eigenvalue weighted by atomic mass is 32.1. The molecule has 0 saturated carbocycles. The molecule has 1 heterocycles. The maximum absolute atomic E-state index is 12.2. The second-order valence-corrected chi connectivity index (χ2v) is 5.01. The second-order valence-electron chi connectivity index (χ2n) is 4.00. The van der Waals surface area contributed by atoms with E-state index in [4.69, 9.17) is 0 Å². The average molecular weight is 303 g/mol. The van der Waals surface area contributed by atoms with Gasteiger partial charge in [-0.15, -0.1) is 13.2 Å². The third-order valence-corrected chi connectivity index (χ3v) is 3.77. The minimum absolute atomic E-state index is 0.247. The van der Waals surface area contributed by atoms with E-state index in [1.807, 2.05) is 6.92 Å². The Balaban J connectivity index is 2.35. The smallest absolute Gasteiger partial charge is 0.406 e. The SMILES string of the molecule is CN=C(C)N(C)c1nc2ccc(OC(F)(F)F)cc2s1. The second kappa shape index (κ2) is 5.28. The molecule has 2 rings (SSSR count). The van der Waals surface area contributed by atoms with E-state index in [1.54, 1.807) is 19.0 Å². The van der Waals surface area contributed by atoms with Gasteiger partial charge >= 0.3 is 6.36 Å². The van der Waals surface area contributed by atoms with Crippen molar-refractivity contribution >= 4 is 32.5 Å². The van der Waals surface area contributed by atoms with E-state index in [1.165, 1.54) is 29.5 Å². The van der Waals surface area contributed by atoms with E-state index in [9.17, 15) is 13.2 Å². The standard InChI is InChI=1S/C12H12F3N3OS/c1-7(16-2)18(3)11-17-9-5-4-8(6-10(9)20-11)19-12(13,14)15/h4-6H,1-3H3. The summed E-state index contributed by atoms with van der Waals surface area (Å²) >= 11 is 1.28. The summed E-state index contributed by atoms with van der Waals surface area (Å²) in [7, 11) is 3.46. The lowest BCUT2D eigenvalue weighted by Gasteiger charge is -2.13. The Bertz CT molecular complexity index is 651. The number of halogens is 3. The van der Waals surface area contributed by atoms with Crippen LogP contribution in [-0.4, -0.2) is 31.3 Å². The van der Waals surface area contributed by atoms with Gasteiger partial charge in [-0.05, 0) is 19.1 Å². The lowest BCUT2D eigenvalue weighted by Crippen LogP contribution is -2.22. The molecule has 0 N–H and O–H groups in total. The van der Waals surface area contributed by atoms with Crippen molar-refractivity contribution in [3.8, 4) is 5.75 Å². The van der Waals surface area contributed by atoms with E-state index in [0.29, 0.717) is 15.3 Å². The molecule has 8 heteroatoms. The summed E-state index contributed by atoms with van der Waals surface area (Å²) in [5.41, 5.74) is 0.621. The summed E-state index contributed by atoms with van der Waals surface area (Å²) in [5, 5.41) is 0.659. The molecule has 0 bridgehead atoms. The number of nitrogens with zero attached hydrogens (tertiary/aromatic N) is 3. The first-order valence-electron chi connectivity index (χ1n) is 5.63. The molecule has 0 fully saturated rings. The molecule has 1 aromatic carbocycles. The Hall–Kier alpha value is -1.83. The Labute approximate surface area is 117 Å². The van der Waals surface area contributed by atoms with Crippen molar-refractivity contribution in [1.82, 2.24) is 4.98 Å². The fourth-order valence-electron chi connectivity index (χ4n) is 1.52. The highest BCUT2D eigenvalue weighted by molar-refractivity contribution is 7.22. The quantitative estimate of drug-likeness (QED) is 0.627. The van der Waals surface area contributed by atoms with Crippen molar-refractivity contribution in [3.63, 3.8) is 0 Å². The minimum atomic E-state index is -4.69. The first-order chi connectivity index (χ1) is 9.30. The number of amidine groups is 1. The number of aliphatic imine (C=N–C) groups is 1. The number of hydrogen-bond donors (Lipinski definition) is 0. The molecule has 0 amide bonds. The van der Waals surface area contributed by atoms with Crippen LogP contribution in [0.25, 0.3) is 10.2 Å². The summed E-state index contributed by atoms with van der Waals surface area (Å²) in [6, 6.07) is 4.08. The largest absolute Gasteiger partial charge is 0.573 e.